The topological polar surface area (TPSA) is 68.0 Å². The Kier molecular flexibility index (Phi) is 4.65. The van der Waals surface area contributed by atoms with Crippen molar-refractivity contribution in [3.05, 3.63) is 21.2 Å². The van der Waals surface area contributed by atoms with Crippen molar-refractivity contribution in [3.8, 4) is 0 Å². The molecule has 1 saturated carbocycles. The van der Waals surface area contributed by atoms with Crippen LogP contribution in [0.25, 0.3) is 11.0 Å². The van der Waals surface area contributed by atoms with E-state index in [1.54, 1.807) is 0 Å². The highest BCUT2D eigenvalue weighted by Crippen LogP contribution is 2.34. The van der Waals surface area contributed by atoms with Gasteiger partial charge in [0, 0.05) is 22.1 Å². The lowest BCUT2D eigenvalue weighted by Gasteiger charge is -2.28. The van der Waals surface area contributed by atoms with Crippen LogP contribution in [0.15, 0.2) is 12.5 Å². The Hall–Kier alpha value is -0.800. The van der Waals surface area contributed by atoms with Gasteiger partial charge in [-0.1, -0.05) is 18.0 Å². The fourth-order valence-corrected chi connectivity index (χ4v) is 4.11. The first-order valence-corrected chi connectivity index (χ1v) is 8.47. The number of carbonyl (C=O) groups excluding carboxylic acids is 1. The van der Waals surface area contributed by atoms with E-state index in [9.17, 15) is 14.3 Å². The number of fused-ring (bicyclic) bond motifs is 1. The van der Waals surface area contributed by atoms with Gasteiger partial charge in [-0.05, 0) is 35.4 Å². The predicted molar refractivity (Wildman–Crippen MR) is 88.4 cm³/mol. The van der Waals surface area contributed by atoms with E-state index < -0.39 is 18.3 Å². The molecule has 2 aromatic rings. The van der Waals surface area contributed by atoms with Crippen LogP contribution >= 0.6 is 34.2 Å². The van der Waals surface area contributed by atoms with E-state index in [2.05, 4.69) is 9.97 Å². The lowest BCUT2D eigenvalue weighted by atomic mass is 9.83. The summed E-state index contributed by atoms with van der Waals surface area (Å²) < 4.78 is 16.7. The standard InChI is InChI=1S/C14H14ClFIN3O2/c15-12-10-8(17)5-20(14(10)19-6-18-12)13(16)11(22)7-3-1-2-4-9(7)21/h5-7,11,13,22H,1-4H2/t7-,11?,13+/m1/s1. The van der Waals surface area contributed by atoms with Crippen LogP contribution in [0, 0.1) is 9.49 Å². The first-order valence-electron chi connectivity index (χ1n) is 7.02. The molecule has 0 bridgehead atoms. The second-order valence-electron chi connectivity index (χ2n) is 5.43. The van der Waals surface area contributed by atoms with Gasteiger partial charge in [0.2, 0.25) is 6.30 Å². The number of hydrogen-bond donors (Lipinski definition) is 1. The zero-order chi connectivity index (χ0) is 15.9. The number of Topliss-reactive ketones (excluding diaryl/α,β-unsaturated/α-hetero) is 1. The van der Waals surface area contributed by atoms with Gasteiger partial charge in [-0.2, -0.15) is 0 Å². The molecule has 2 aromatic heterocycles. The number of aliphatic hydroxyl groups is 1. The molecule has 1 aliphatic carbocycles. The van der Waals surface area contributed by atoms with Crippen LogP contribution in [0.3, 0.4) is 0 Å². The molecular weight excluding hydrogens is 424 g/mol. The number of ketones is 1. The molecule has 0 saturated heterocycles. The van der Waals surface area contributed by atoms with Gasteiger partial charge in [0.15, 0.2) is 0 Å². The van der Waals surface area contributed by atoms with E-state index in [1.165, 1.54) is 17.1 Å². The molecule has 1 aliphatic rings. The number of nitrogens with zero attached hydrogens (tertiary/aromatic N) is 3. The molecule has 1 fully saturated rings. The lowest BCUT2D eigenvalue weighted by Crippen LogP contribution is -2.35. The minimum absolute atomic E-state index is 0.0692. The molecule has 3 rings (SSSR count). The summed E-state index contributed by atoms with van der Waals surface area (Å²) in [6.07, 6.45) is 2.23. The summed E-state index contributed by atoms with van der Waals surface area (Å²) in [5, 5.41) is 11.1. The summed E-state index contributed by atoms with van der Waals surface area (Å²) in [7, 11) is 0. The summed E-state index contributed by atoms with van der Waals surface area (Å²) >= 11 is 8.04. The summed E-state index contributed by atoms with van der Waals surface area (Å²) in [6, 6.07) is 0. The van der Waals surface area contributed by atoms with Gasteiger partial charge in [-0.3, -0.25) is 9.36 Å². The quantitative estimate of drug-likeness (QED) is 0.591. The van der Waals surface area contributed by atoms with E-state index >= 15 is 0 Å². The zero-order valence-corrected chi connectivity index (χ0v) is 14.5. The third kappa shape index (κ3) is 2.74. The Bertz CT molecular complexity index is 723. The van der Waals surface area contributed by atoms with Crippen molar-refractivity contribution in [1.29, 1.82) is 0 Å². The summed E-state index contributed by atoms with van der Waals surface area (Å²) in [5.74, 6) is -0.726. The number of carbonyl (C=O) groups is 1. The molecule has 0 radical (unpaired) electrons. The van der Waals surface area contributed by atoms with Crippen molar-refractivity contribution < 1.29 is 14.3 Å². The van der Waals surface area contributed by atoms with Gasteiger partial charge in [-0.15, -0.1) is 0 Å². The fourth-order valence-electron chi connectivity index (χ4n) is 2.92. The predicted octanol–water partition coefficient (Wildman–Crippen LogP) is 3.28. The highest BCUT2D eigenvalue weighted by Gasteiger charge is 2.36. The van der Waals surface area contributed by atoms with Gasteiger partial charge >= 0.3 is 0 Å². The first kappa shape index (κ1) is 16.1. The number of rotatable bonds is 3. The van der Waals surface area contributed by atoms with Crippen LogP contribution in [-0.2, 0) is 4.79 Å². The van der Waals surface area contributed by atoms with Crippen molar-refractivity contribution >= 4 is 51.0 Å². The molecule has 5 nitrogen and oxygen atoms in total. The van der Waals surface area contributed by atoms with Gasteiger partial charge in [0.25, 0.3) is 0 Å². The molecule has 1 unspecified atom stereocenters. The maximum Gasteiger partial charge on any atom is 0.204 e. The Balaban J connectivity index is 1.96. The zero-order valence-electron chi connectivity index (χ0n) is 11.5. The molecule has 0 aliphatic heterocycles. The largest absolute Gasteiger partial charge is 0.387 e. The smallest absolute Gasteiger partial charge is 0.204 e. The Morgan fingerprint density at radius 2 is 2.23 bits per heavy atom. The monoisotopic (exact) mass is 437 g/mol. The van der Waals surface area contributed by atoms with Crippen LogP contribution in [0.2, 0.25) is 5.15 Å². The molecule has 0 spiro atoms. The summed E-state index contributed by atoms with van der Waals surface area (Å²) in [5.41, 5.74) is 0.319. The van der Waals surface area contributed by atoms with E-state index in [-0.39, 0.29) is 10.9 Å². The van der Waals surface area contributed by atoms with Crippen molar-refractivity contribution in [2.24, 2.45) is 5.92 Å². The van der Waals surface area contributed by atoms with Crippen molar-refractivity contribution in [2.45, 2.75) is 38.1 Å². The Morgan fingerprint density at radius 1 is 1.45 bits per heavy atom. The maximum atomic E-state index is 14.8. The highest BCUT2D eigenvalue weighted by molar-refractivity contribution is 14.1. The summed E-state index contributed by atoms with van der Waals surface area (Å²) in [4.78, 5) is 19.9. The number of halogens is 3. The third-order valence-corrected chi connectivity index (χ3v) is 5.18. The second-order valence-corrected chi connectivity index (χ2v) is 6.95. The average Bonchev–Trinajstić information content (AvgIpc) is 2.85. The van der Waals surface area contributed by atoms with Crippen LogP contribution in [0.1, 0.15) is 32.0 Å². The molecule has 1 N–H and O–H groups in total. The van der Waals surface area contributed by atoms with Gasteiger partial charge in [0.1, 0.15) is 29.0 Å². The fraction of sp³-hybridized carbons (Fsp3) is 0.500. The molecule has 0 aromatic carbocycles. The molecule has 0 amide bonds. The normalized spacial score (nSPS) is 22.0. The highest BCUT2D eigenvalue weighted by atomic mass is 127. The maximum absolute atomic E-state index is 14.8. The van der Waals surface area contributed by atoms with Crippen LogP contribution < -0.4 is 0 Å². The van der Waals surface area contributed by atoms with E-state index in [4.69, 9.17) is 11.6 Å². The minimum atomic E-state index is -1.75. The number of hydrogen-bond acceptors (Lipinski definition) is 4. The lowest BCUT2D eigenvalue weighted by molar-refractivity contribution is -0.132. The van der Waals surface area contributed by atoms with Crippen molar-refractivity contribution in [3.63, 3.8) is 0 Å². The second kappa shape index (κ2) is 6.37. The summed E-state index contributed by atoms with van der Waals surface area (Å²) in [6.45, 7) is 0. The van der Waals surface area contributed by atoms with Crippen LogP contribution in [0.5, 0.6) is 0 Å². The van der Waals surface area contributed by atoms with Crippen molar-refractivity contribution in [2.75, 3.05) is 0 Å². The van der Waals surface area contributed by atoms with Crippen LogP contribution in [-0.4, -0.2) is 31.5 Å². The SMILES string of the molecule is O=C1CCCC[C@H]1C(O)[C@@H](F)n1cc(I)c2c(Cl)ncnc21. The third-order valence-electron chi connectivity index (χ3n) is 4.08. The van der Waals surface area contributed by atoms with Gasteiger partial charge in [-0.25, -0.2) is 14.4 Å². The van der Waals surface area contributed by atoms with Gasteiger partial charge < -0.3 is 5.11 Å². The number of aromatic nitrogens is 3. The Morgan fingerprint density at radius 3 is 2.95 bits per heavy atom. The minimum Gasteiger partial charge on any atom is -0.387 e. The van der Waals surface area contributed by atoms with E-state index in [0.717, 1.165) is 12.8 Å². The molecular formula is C14H14ClFIN3O2. The molecule has 2 heterocycles. The number of aliphatic hydroxyl groups excluding tert-OH is 1. The molecule has 3 atom stereocenters. The van der Waals surface area contributed by atoms with E-state index in [0.29, 0.717) is 27.4 Å². The molecule has 8 heteroatoms. The molecule has 22 heavy (non-hydrogen) atoms. The Labute approximate surface area is 145 Å². The van der Waals surface area contributed by atoms with E-state index in [1.807, 2.05) is 22.6 Å². The van der Waals surface area contributed by atoms with Crippen molar-refractivity contribution in [1.82, 2.24) is 14.5 Å². The molecule has 118 valence electrons. The van der Waals surface area contributed by atoms with Gasteiger partial charge in [0.05, 0.1) is 5.39 Å². The number of alkyl halides is 1. The van der Waals surface area contributed by atoms with Crippen LogP contribution in [0.4, 0.5) is 4.39 Å². The average molecular weight is 438 g/mol. The first-order chi connectivity index (χ1) is 10.5.